The Morgan fingerprint density at radius 3 is 1.65 bits per heavy atom. The summed E-state index contributed by atoms with van der Waals surface area (Å²) in [6, 6.07) is 76.0. The summed E-state index contributed by atoms with van der Waals surface area (Å²) in [5, 5.41) is 4.75. The molecule has 9 aromatic carbocycles. The standard InChI is InChI=1S/C52H35NO/c1-2-14-38(15-3-1)45-21-6-9-25-49(45)53(50-26-10-7-22-46(50)41-30-33-52-48(35-41)47-23-8-11-27-51(47)54-52)42-31-28-36(29-32-42)39-18-12-19-40(34-39)44-24-13-17-37-16-4-5-20-43(37)44/h1-35H. The smallest absolute Gasteiger partial charge is 0.135 e. The molecule has 54 heavy (non-hydrogen) atoms. The third kappa shape index (κ3) is 5.62. The summed E-state index contributed by atoms with van der Waals surface area (Å²) in [4.78, 5) is 2.41. The molecule has 0 fully saturated rings. The monoisotopic (exact) mass is 689 g/mol. The highest BCUT2D eigenvalue weighted by Gasteiger charge is 2.21. The highest BCUT2D eigenvalue weighted by Crippen LogP contribution is 2.46. The molecule has 0 saturated heterocycles. The van der Waals surface area contributed by atoms with E-state index in [2.05, 4.69) is 205 Å². The molecule has 0 aliphatic heterocycles. The minimum atomic E-state index is 0.892. The normalized spacial score (nSPS) is 11.3. The van der Waals surface area contributed by atoms with Gasteiger partial charge in [-0.1, -0.05) is 164 Å². The van der Waals surface area contributed by atoms with Crippen molar-refractivity contribution in [1.29, 1.82) is 0 Å². The van der Waals surface area contributed by atoms with Crippen molar-refractivity contribution in [2.24, 2.45) is 0 Å². The van der Waals surface area contributed by atoms with Crippen LogP contribution in [-0.2, 0) is 0 Å². The Morgan fingerprint density at radius 1 is 0.296 bits per heavy atom. The van der Waals surface area contributed by atoms with Crippen molar-refractivity contribution in [2.45, 2.75) is 0 Å². The van der Waals surface area contributed by atoms with Crippen LogP contribution < -0.4 is 4.90 Å². The third-order valence-electron chi connectivity index (χ3n) is 10.5. The first kappa shape index (κ1) is 31.6. The summed E-state index contributed by atoms with van der Waals surface area (Å²) >= 11 is 0. The van der Waals surface area contributed by atoms with Gasteiger partial charge in [0, 0.05) is 27.6 Å². The van der Waals surface area contributed by atoms with Crippen LogP contribution in [0.1, 0.15) is 0 Å². The third-order valence-corrected chi connectivity index (χ3v) is 10.5. The van der Waals surface area contributed by atoms with E-state index < -0.39 is 0 Å². The molecule has 0 aliphatic rings. The molecule has 0 N–H and O–H groups in total. The summed E-state index contributed by atoms with van der Waals surface area (Å²) in [7, 11) is 0. The van der Waals surface area contributed by atoms with Gasteiger partial charge in [0.1, 0.15) is 11.2 Å². The van der Waals surface area contributed by atoms with Gasteiger partial charge in [-0.15, -0.1) is 0 Å². The van der Waals surface area contributed by atoms with Crippen molar-refractivity contribution in [3.8, 4) is 44.5 Å². The van der Waals surface area contributed by atoms with Crippen molar-refractivity contribution in [3.63, 3.8) is 0 Å². The van der Waals surface area contributed by atoms with Gasteiger partial charge < -0.3 is 9.32 Å². The Balaban J connectivity index is 1.11. The van der Waals surface area contributed by atoms with Crippen LogP contribution >= 0.6 is 0 Å². The Hall–Kier alpha value is -7.16. The highest BCUT2D eigenvalue weighted by molar-refractivity contribution is 6.07. The molecule has 0 aliphatic carbocycles. The predicted molar refractivity (Wildman–Crippen MR) is 228 cm³/mol. The zero-order chi connectivity index (χ0) is 35.8. The zero-order valence-corrected chi connectivity index (χ0v) is 29.6. The molecule has 0 unspecified atom stereocenters. The Morgan fingerprint density at radius 2 is 0.833 bits per heavy atom. The highest BCUT2D eigenvalue weighted by atomic mass is 16.3. The molecular formula is C52H35NO. The van der Waals surface area contributed by atoms with E-state index in [1.54, 1.807) is 0 Å². The second-order valence-electron chi connectivity index (χ2n) is 13.7. The van der Waals surface area contributed by atoms with Crippen LogP contribution in [0.2, 0.25) is 0 Å². The topological polar surface area (TPSA) is 16.4 Å². The molecule has 2 nitrogen and oxygen atoms in total. The quantitative estimate of drug-likeness (QED) is 0.166. The lowest BCUT2D eigenvalue weighted by atomic mass is 9.95. The summed E-state index contributed by atoms with van der Waals surface area (Å²) in [5.74, 6) is 0. The van der Waals surface area contributed by atoms with Gasteiger partial charge in [0.25, 0.3) is 0 Å². The number of hydrogen-bond acceptors (Lipinski definition) is 2. The lowest BCUT2D eigenvalue weighted by Crippen LogP contribution is -2.12. The van der Waals surface area contributed by atoms with Gasteiger partial charge in [-0.3, -0.25) is 0 Å². The molecule has 0 atom stereocenters. The van der Waals surface area contributed by atoms with E-state index in [9.17, 15) is 0 Å². The van der Waals surface area contributed by atoms with Crippen molar-refractivity contribution in [3.05, 3.63) is 212 Å². The largest absolute Gasteiger partial charge is 0.456 e. The van der Waals surface area contributed by atoms with Gasteiger partial charge in [0.05, 0.1) is 11.4 Å². The maximum absolute atomic E-state index is 6.21. The molecule has 1 heterocycles. The van der Waals surface area contributed by atoms with E-state index in [4.69, 9.17) is 4.42 Å². The number of anilines is 3. The molecule has 0 spiro atoms. The number of para-hydroxylation sites is 3. The van der Waals surface area contributed by atoms with Crippen LogP contribution in [0, 0.1) is 0 Å². The number of hydrogen-bond donors (Lipinski definition) is 0. The number of rotatable bonds is 7. The second kappa shape index (κ2) is 13.4. The van der Waals surface area contributed by atoms with Crippen LogP contribution in [0.15, 0.2) is 217 Å². The van der Waals surface area contributed by atoms with E-state index in [-0.39, 0.29) is 0 Å². The molecule has 0 bridgehead atoms. The van der Waals surface area contributed by atoms with Gasteiger partial charge >= 0.3 is 0 Å². The Bertz CT molecular complexity index is 2930. The SMILES string of the molecule is c1ccc(-c2ccccc2N(c2ccc(-c3cccc(-c4cccc5ccccc45)c3)cc2)c2ccccc2-c2ccc3oc4ccccc4c3c2)cc1. The number of nitrogens with zero attached hydrogens (tertiary/aromatic N) is 1. The van der Waals surface area contributed by atoms with Gasteiger partial charge in [-0.2, -0.15) is 0 Å². The average molecular weight is 690 g/mol. The summed E-state index contributed by atoms with van der Waals surface area (Å²) in [6.07, 6.45) is 0. The van der Waals surface area contributed by atoms with Crippen LogP contribution in [0.5, 0.6) is 0 Å². The zero-order valence-electron chi connectivity index (χ0n) is 29.6. The molecule has 254 valence electrons. The van der Waals surface area contributed by atoms with Gasteiger partial charge in [0.15, 0.2) is 0 Å². The van der Waals surface area contributed by atoms with Gasteiger partial charge in [-0.05, 0) is 92.7 Å². The van der Waals surface area contributed by atoms with E-state index in [0.717, 1.165) is 55.7 Å². The molecule has 10 aromatic rings. The van der Waals surface area contributed by atoms with Crippen molar-refractivity contribution in [1.82, 2.24) is 0 Å². The minimum absolute atomic E-state index is 0.892. The lowest BCUT2D eigenvalue weighted by Gasteiger charge is -2.30. The fourth-order valence-corrected chi connectivity index (χ4v) is 7.89. The van der Waals surface area contributed by atoms with Crippen LogP contribution in [-0.4, -0.2) is 0 Å². The minimum Gasteiger partial charge on any atom is -0.456 e. The molecular weight excluding hydrogens is 655 g/mol. The molecule has 2 heteroatoms. The van der Waals surface area contributed by atoms with Crippen LogP contribution in [0.25, 0.3) is 77.2 Å². The maximum Gasteiger partial charge on any atom is 0.135 e. The molecule has 0 radical (unpaired) electrons. The van der Waals surface area contributed by atoms with E-state index in [0.29, 0.717) is 0 Å². The Labute approximate surface area is 314 Å². The summed E-state index contributed by atoms with van der Waals surface area (Å²) in [5.41, 5.74) is 14.5. The fourth-order valence-electron chi connectivity index (χ4n) is 7.89. The second-order valence-corrected chi connectivity index (χ2v) is 13.7. The van der Waals surface area contributed by atoms with E-state index >= 15 is 0 Å². The molecule has 0 saturated carbocycles. The number of benzene rings is 9. The van der Waals surface area contributed by atoms with Crippen molar-refractivity contribution >= 4 is 49.8 Å². The molecule has 0 amide bonds. The van der Waals surface area contributed by atoms with Crippen LogP contribution in [0.4, 0.5) is 17.1 Å². The van der Waals surface area contributed by atoms with Crippen molar-refractivity contribution < 1.29 is 4.42 Å². The summed E-state index contributed by atoms with van der Waals surface area (Å²) < 4.78 is 6.21. The van der Waals surface area contributed by atoms with Gasteiger partial charge in [-0.25, -0.2) is 0 Å². The first-order valence-electron chi connectivity index (χ1n) is 18.4. The number of fused-ring (bicyclic) bond motifs is 4. The van der Waals surface area contributed by atoms with E-state index in [1.165, 1.54) is 38.6 Å². The first-order valence-corrected chi connectivity index (χ1v) is 18.4. The van der Waals surface area contributed by atoms with Crippen molar-refractivity contribution in [2.75, 3.05) is 4.90 Å². The maximum atomic E-state index is 6.21. The van der Waals surface area contributed by atoms with Gasteiger partial charge in [0.2, 0.25) is 0 Å². The Kier molecular flexibility index (Phi) is 7.85. The first-order chi connectivity index (χ1) is 26.8. The number of furan rings is 1. The lowest BCUT2D eigenvalue weighted by molar-refractivity contribution is 0.669. The summed E-state index contributed by atoms with van der Waals surface area (Å²) in [6.45, 7) is 0. The predicted octanol–water partition coefficient (Wildman–Crippen LogP) is 14.9. The van der Waals surface area contributed by atoms with Crippen LogP contribution in [0.3, 0.4) is 0 Å². The molecule has 10 rings (SSSR count). The van der Waals surface area contributed by atoms with E-state index in [1.807, 2.05) is 12.1 Å². The fraction of sp³-hybridized carbons (Fsp3) is 0. The molecule has 1 aromatic heterocycles. The average Bonchev–Trinajstić information content (AvgIpc) is 3.63.